The Morgan fingerprint density at radius 1 is 0.833 bits per heavy atom. The number of amides is 1. The third kappa shape index (κ3) is 5.81. The molecule has 2 rings (SSSR count). The number of hydrogen-bond acceptors (Lipinski definition) is 7. The maximum absolute atomic E-state index is 12.8. The minimum Gasteiger partial charge on any atom is -0.494 e. The van der Waals surface area contributed by atoms with Gasteiger partial charge in [0.25, 0.3) is 5.91 Å². The van der Waals surface area contributed by atoms with Crippen molar-refractivity contribution < 1.29 is 33.3 Å². The summed E-state index contributed by atoms with van der Waals surface area (Å²) in [4.78, 5) is 36.6. The van der Waals surface area contributed by atoms with Gasteiger partial charge in [-0.15, -0.1) is 0 Å². The van der Waals surface area contributed by atoms with Gasteiger partial charge in [-0.2, -0.15) is 0 Å². The van der Waals surface area contributed by atoms with Crippen LogP contribution in [0.15, 0.2) is 36.4 Å². The molecule has 0 bridgehead atoms. The molecule has 30 heavy (non-hydrogen) atoms. The molecular weight excluding hydrogens is 390 g/mol. The molecule has 2 aromatic rings. The molecule has 1 N–H and O–H groups in total. The van der Waals surface area contributed by atoms with Crippen molar-refractivity contribution in [3.63, 3.8) is 0 Å². The molecule has 0 aliphatic carbocycles. The first-order valence-corrected chi connectivity index (χ1v) is 9.40. The van der Waals surface area contributed by atoms with Crippen molar-refractivity contribution >= 4 is 23.5 Å². The van der Waals surface area contributed by atoms with E-state index < -0.39 is 17.8 Å². The second-order valence-corrected chi connectivity index (χ2v) is 6.13. The number of carbonyl (C=O) groups is 3. The average Bonchev–Trinajstić information content (AvgIpc) is 2.77. The number of ether oxygens (including phenoxy) is 4. The maximum Gasteiger partial charge on any atom is 0.337 e. The van der Waals surface area contributed by atoms with Crippen LogP contribution in [0.4, 0.5) is 5.69 Å². The molecule has 0 atom stereocenters. The first-order chi connectivity index (χ1) is 14.4. The molecule has 0 aliphatic heterocycles. The van der Waals surface area contributed by atoms with Gasteiger partial charge >= 0.3 is 11.9 Å². The molecule has 8 heteroatoms. The summed E-state index contributed by atoms with van der Waals surface area (Å²) >= 11 is 0. The predicted molar refractivity (Wildman–Crippen MR) is 110 cm³/mol. The molecule has 2 aromatic carbocycles. The van der Waals surface area contributed by atoms with Crippen molar-refractivity contribution in [3.05, 3.63) is 58.7 Å². The lowest BCUT2D eigenvalue weighted by molar-refractivity contribution is 0.0598. The molecule has 0 saturated heterocycles. The Kier molecular flexibility index (Phi) is 8.37. The van der Waals surface area contributed by atoms with Crippen molar-refractivity contribution in [2.24, 2.45) is 0 Å². The second-order valence-electron chi connectivity index (χ2n) is 6.13. The minimum absolute atomic E-state index is 0.111. The number of nitrogens with one attached hydrogen (secondary N) is 1. The lowest BCUT2D eigenvalue weighted by atomic mass is 10.1. The Hall–Kier alpha value is -3.39. The standard InChI is InChI=1S/C22H25NO7/c1-5-29-13-17-9-14(7-8-19(17)30-6-2)20(24)23-18-11-15(21(25)27-3)10-16(12-18)22(26)28-4/h7-12H,5-6,13H2,1-4H3,(H,23,24). The third-order valence-corrected chi connectivity index (χ3v) is 4.12. The van der Waals surface area contributed by atoms with Crippen LogP contribution >= 0.6 is 0 Å². The van der Waals surface area contributed by atoms with Gasteiger partial charge in [-0.3, -0.25) is 4.79 Å². The molecule has 0 saturated carbocycles. The summed E-state index contributed by atoms with van der Waals surface area (Å²) in [5.41, 5.74) is 1.59. The summed E-state index contributed by atoms with van der Waals surface area (Å²) in [6, 6.07) is 9.20. The van der Waals surface area contributed by atoms with Crippen LogP contribution < -0.4 is 10.1 Å². The number of esters is 2. The highest BCUT2D eigenvalue weighted by molar-refractivity contribution is 6.06. The topological polar surface area (TPSA) is 100 Å². The molecule has 0 radical (unpaired) electrons. The number of hydrogen-bond donors (Lipinski definition) is 1. The smallest absolute Gasteiger partial charge is 0.337 e. The number of carbonyl (C=O) groups excluding carboxylic acids is 3. The van der Waals surface area contributed by atoms with Gasteiger partial charge in [-0.1, -0.05) is 0 Å². The van der Waals surface area contributed by atoms with Crippen LogP contribution in [-0.2, 0) is 20.8 Å². The fourth-order valence-electron chi connectivity index (χ4n) is 2.72. The summed E-state index contributed by atoms with van der Waals surface area (Å²) in [6.07, 6.45) is 0. The zero-order valence-corrected chi connectivity index (χ0v) is 17.4. The molecule has 0 spiro atoms. The summed E-state index contributed by atoms with van der Waals surface area (Å²) < 4.78 is 20.4. The normalized spacial score (nSPS) is 10.3. The van der Waals surface area contributed by atoms with E-state index in [1.165, 1.54) is 32.4 Å². The van der Waals surface area contributed by atoms with Crippen molar-refractivity contribution in [3.8, 4) is 5.75 Å². The Labute approximate surface area is 175 Å². The first kappa shape index (κ1) is 22.9. The van der Waals surface area contributed by atoms with E-state index in [2.05, 4.69) is 5.32 Å². The molecule has 0 heterocycles. The number of methoxy groups -OCH3 is 2. The van der Waals surface area contributed by atoms with Gasteiger partial charge < -0.3 is 24.3 Å². The first-order valence-electron chi connectivity index (χ1n) is 9.40. The lowest BCUT2D eigenvalue weighted by Crippen LogP contribution is -2.15. The van der Waals surface area contributed by atoms with Crippen molar-refractivity contribution in [2.75, 3.05) is 32.8 Å². The molecule has 0 aliphatic rings. The van der Waals surface area contributed by atoms with Gasteiger partial charge in [0.1, 0.15) is 5.75 Å². The maximum atomic E-state index is 12.8. The summed E-state index contributed by atoms with van der Waals surface area (Å²) in [6.45, 7) is 5.07. The van der Waals surface area contributed by atoms with Crippen LogP contribution in [-0.4, -0.2) is 45.3 Å². The number of benzene rings is 2. The highest BCUT2D eigenvalue weighted by atomic mass is 16.5. The summed E-state index contributed by atoms with van der Waals surface area (Å²) in [5.74, 6) is -1.07. The van der Waals surface area contributed by atoms with Gasteiger partial charge in [-0.25, -0.2) is 9.59 Å². The molecular formula is C22H25NO7. The van der Waals surface area contributed by atoms with E-state index >= 15 is 0 Å². The Balaban J connectivity index is 2.34. The number of anilines is 1. The fourth-order valence-corrected chi connectivity index (χ4v) is 2.72. The highest BCUT2D eigenvalue weighted by Gasteiger charge is 2.16. The largest absolute Gasteiger partial charge is 0.494 e. The highest BCUT2D eigenvalue weighted by Crippen LogP contribution is 2.23. The Morgan fingerprint density at radius 2 is 1.47 bits per heavy atom. The van der Waals surface area contributed by atoms with E-state index in [-0.39, 0.29) is 16.8 Å². The SMILES string of the molecule is CCOCc1cc(C(=O)Nc2cc(C(=O)OC)cc(C(=O)OC)c2)ccc1OCC. The van der Waals surface area contributed by atoms with Crippen LogP contribution in [0.3, 0.4) is 0 Å². The van der Waals surface area contributed by atoms with Crippen molar-refractivity contribution in [1.82, 2.24) is 0 Å². The molecule has 0 aromatic heterocycles. The third-order valence-electron chi connectivity index (χ3n) is 4.12. The van der Waals surface area contributed by atoms with E-state index in [1.807, 2.05) is 13.8 Å². The van der Waals surface area contributed by atoms with Crippen LogP contribution in [0.1, 0.15) is 50.5 Å². The summed E-state index contributed by atoms with van der Waals surface area (Å²) in [5, 5.41) is 2.70. The van der Waals surface area contributed by atoms with Crippen LogP contribution in [0, 0.1) is 0 Å². The number of rotatable bonds is 9. The lowest BCUT2D eigenvalue weighted by Gasteiger charge is -2.13. The van der Waals surface area contributed by atoms with Gasteiger partial charge in [0.2, 0.25) is 0 Å². The van der Waals surface area contributed by atoms with Gasteiger partial charge in [0, 0.05) is 23.4 Å². The molecule has 160 valence electrons. The predicted octanol–water partition coefficient (Wildman–Crippen LogP) is 3.45. The summed E-state index contributed by atoms with van der Waals surface area (Å²) in [7, 11) is 2.45. The monoisotopic (exact) mass is 415 g/mol. The van der Waals surface area contributed by atoms with Crippen molar-refractivity contribution in [2.45, 2.75) is 20.5 Å². The van der Waals surface area contributed by atoms with E-state index in [0.29, 0.717) is 31.1 Å². The van der Waals surface area contributed by atoms with Gasteiger partial charge in [0.15, 0.2) is 0 Å². The molecule has 0 unspecified atom stereocenters. The van der Waals surface area contributed by atoms with Gasteiger partial charge in [0.05, 0.1) is 38.6 Å². The van der Waals surface area contributed by atoms with Crippen molar-refractivity contribution in [1.29, 1.82) is 0 Å². The van der Waals surface area contributed by atoms with Crippen LogP contribution in [0.5, 0.6) is 5.75 Å². The second kappa shape index (κ2) is 11.0. The molecule has 8 nitrogen and oxygen atoms in total. The van der Waals surface area contributed by atoms with E-state index in [0.717, 1.165) is 5.56 Å². The van der Waals surface area contributed by atoms with E-state index in [1.54, 1.807) is 18.2 Å². The average molecular weight is 415 g/mol. The fraction of sp³-hybridized carbons (Fsp3) is 0.318. The minimum atomic E-state index is -0.642. The Bertz CT molecular complexity index is 889. The zero-order valence-electron chi connectivity index (χ0n) is 17.4. The molecule has 0 fully saturated rings. The Morgan fingerprint density at radius 3 is 2.00 bits per heavy atom. The van der Waals surface area contributed by atoms with E-state index in [4.69, 9.17) is 18.9 Å². The van der Waals surface area contributed by atoms with Crippen LogP contribution in [0.2, 0.25) is 0 Å². The van der Waals surface area contributed by atoms with E-state index in [9.17, 15) is 14.4 Å². The molecule has 1 amide bonds. The zero-order chi connectivity index (χ0) is 22.1. The quantitative estimate of drug-likeness (QED) is 0.626. The van der Waals surface area contributed by atoms with Crippen LogP contribution in [0.25, 0.3) is 0 Å². The van der Waals surface area contributed by atoms with Gasteiger partial charge in [-0.05, 0) is 50.2 Å².